The molecule has 0 bridgehead atoms. The van der Waals surface area contributed by atoms with Crippen LogP contribution < -0.4 is 11.1 Å². The molecule has 0 unspecified atom stereocenters. The summed E-state index contributed by atoms with van der Waals surface area (Å²) in [6.45, 7) is 0.496. The summed E-state index contributed by atoms with van der Waals surface area (Å²) in [6, 6.07) is 1.91. The highest BCUT2D eigenvalue weighted by Gasteiger charge is 2.48. The van der Waals surface area contributed by atoms with Crippen molar-refractivity contribution in [3.63, 3.8) is 0 Å². The maximum Gasteiger partial charge on any atom is 0.233 e. The molecule has 1 aromatic rings. The van der Waals surface area contributed by atoms with Crippen molar-refractivity contribution in [3.05, 3.63) is 18.0 Å². The van der Waals surface area contributed by atoms with Crippen molar-refractivity contribution in [1.82, 2.24) is 15.1 Å². The van der Waals surface area contributed by atoms with E-state index in [9.17, 15) is 4.79 Å². The molecule has 7 heteroatoms. The van der Waals surface area contributed by atoms with Gasteiger partial charge < -0.3 is 16.3 Å². The summed E-state index contributed by atoms with van der Waals surface area (Å²) in [5, 5.41) is 18.8. The lowest BCUT2D eigenvalue weighted by atomic mass is 9.67. The summed E-state index contributed by atoms with van der Waals surface area (Å²) in [7, 11) is 1.85. The first-order chi connectivity index (χ1) is 9.08. The Morgan fingerprint density at radius 2 is 2.42 bits per heavy atom. The molecule has 0 saturated heterocycles. The molecule has 1 saturated carbocycles. The molecular weight excluding hydrogens is 246 g/mol. The summed E-state index contributed by atoms with van der Waals surface area (Å²) in [5.41, 5.74) is 5.74. The second kappa shape index (κ2) is 5.29. The highest BCUT2D eigenvalue weighted by Crippen LogP contribution is 2.41. The molecule has 0 atom stereocenters. The quantitative estimate of drug-likeness (QED) is 0.301. The lowest BCUT2D eigenvalue weighted by molar-refractivity contribution is -0.131. The van der Waals surface area contributed by atoms with Crippen molar-refractivity contribution in [2.45, 2.75) is 25.7 Å². The van der Waals surface area contributed by atoms with Crippen molar-refractivity contribution in [2.75, 3.05) is 6.54 Å². The number of amides is 1. The van der Waals surface area contributed by atoms with E-state index in [4.69, 9.17) is 10.9 Å². The molecule has 1 aromatic heterocycles. The smallest absolute Gasteiger partial charge is 0.233 e. The molecule has 104 valence electrons. The van der Waals surface area contributed by atoms with Crippen molar-refractivity contribution >= 4 is 11.7 Å². The molecule has 19 heavy (non-hydrogen) atoms. The molecular formula is C12H19N5O2. The van der Waals surface area contributed by atoms with Crippen LogP contribution >= 0.6 is 0 Å². The zero-order chi connectivity index (χ0) is 13.9. The van der Waals surface area contributed by atoms with E-state index in [1.165, 1.54) is 0 Å². The van der Waals surface area contributed by atoms with Crippen LogP contribution in [0.3, 0.4) is 0 Å². The second-order valence-corrected chi connectivity index (χ2v) is 4.91. The van der Waals surface area contributed by atoms with Gasteiger partial charge in [-0.1, -0.05) is 11.6 Å². The number of aryl methyl sites for hydroxylation is 1. The highest BCUT2D eigenvalue weighted by molar-refractivity contribution is 6.07. The topological polar surface area (TPSA) is 106 Å². The molecule has 4 N–H and O–H groups in total. The second-order valence-electron chi connectivity index (χ2n) is 4.91. The van der Waals surface area contributed by atoms with Crippen LogP contribution in [0, 0.1) is 5.41 Å². The number of hydrogen-bond donors (Lipinski definition) is 3. The van der Waals surface area contributed by atoms with Gasteiger partial charge in [-0.05, 0) is 18.9 Å². The predicted octanol–water partition coefficient (Wildman–Crippen LogP) is -0.00450. The minimum atomic E-state index is -0.807. The number of hydrogen-bond acceptors (Lipinski definition) is 4. The Morgan fingerprint density at radius 1 is 1.68 bits per heavy atom. The molecule has 1 aliphatic rings. The van der Waals surface area contributed by atoms with Gasteiger partial charge >= 0.3 is 0 Å². The number of oxime groups is 1. The number of amidine groups is 1. The molecule has 0 radical (unpaired) electrons. The van der Waals surface area contributed by atoms with E-state index in [2.05, 4.69) is 15.6 Å². The van der Waals surface area contributed by atoms with Crippen LogP contribution in [-0.2, 0) is 18.3 Å². The van der Waals surface area contributed by atoms with Crippen molar-refractivity contribution < 1.29 is 10.0 Å². The fourth-order valence-electron chi connectivity index (χ4n) is 2.30. The highest BCUT2D eigenvalue weighted by atomic mass is 16.4. The van der Waals surface area contributed by atoms with E-state index in [0.29, 0.717) is 25.8 Å². The number of aromatic nitrogens is 2. The minimum absolute atomic E-state index is 0.00841. The first-order valence-electron chi connectivity index (χ1n) is 6.33. The molecule has 0 aromatic carbocycles. The van der Waals surface area contributed by atoms with Crippen LogP contribution in [0.4, 0.5) is 0 Å². The Balaban J connectivity index is 1.87. The number of nitrogens with one attached hydrogen (secondary N) is 1. The summed E-state index contributed by atoms with van der Waals surface area (Å²) in [6.07, 6.45) is 4.72. The van der Waals surface area contributed by atoms with Gasteiger partial charge in [-0.25, -0.2) is 0 Å². The third-order valence-corrected chi connectivity index (χ3v) is 3.68. The Bertz CT molecular complexity index is 490. The van der Waals surface area contributed by atoms with E-state index >= 15 is 0 Å². The van der Waals surface area contributed by atoms with Crippen LogP contribution in [0.25, 0.3) is 0 Å². The number of rotatable bonds is 5. The van der Waals surface area contributed by atoms with Gasteiger partial charge in [-0.15, -0.1) is 0 Å². The summed E-state index contributed by atoms with van der Waals surface area (Å²) >= 11 is 0. The van der Waals surface area contributed by atoms with Crippen molar-refractivity contribution in [1.29, 1.82) is 0 Å². The van der Waals surface area contributed by atoms with Gasteiger partial charge in [-0.2, -0.15) is 5.10 Å². The molecule has 2 rings (SSSR count). The Morgan fingerprint density at radius 3 is 2.89 bits per heavy atom. The monoisotopic (exact) mass is 265 g/mol. The first-order valence-corrected chi connectivity index (χ1v) is 6.33. The normalized spacial score (nSPS) is 17.8. The van der Waals surface area contributed by atoms with Crippen molar-refractivity contribution in [2.24, 2.45) is 23.4 Å². The fraction of sp³-hybridized carbons (Fsp3) is 0.583. The maximum absolute atomic E-state index is 12.1. The number of nitrogens with zero attached hydrogens (tertiary/aromatic N) is 3. The first kappa shape index (κ1) is 13.4. The van der Waals surface area contributed by atoms with Gasteiger partial charge in [0.2, 0.25) is 5.91 Å². The fourth-order valence-corrected chi connectivity index (χ4v) is 2.30. The summed E-state index contributed by atoms with van der Waals surface area (Å²) in [4.78, 5) is 12.1. The standard InChI is InChI=1S/C12H19N5O2/c1-17-8-4-9(15-17)3-7-14-11(18)12(5-2-6-12)10(13)16-19/h4,8,19H,2-3,5-7H2,1H3,(H2,13,16)(H,14,18). The SMILES string of the molecule is Cn1ccc(CCNC(=O)C2(/C(N)=N/O)CCC2)n1. The zero-order valence-electron chi connectivity index (χ0n) is 11.0. The van der Waals surface area contributed by atoms with Gasteiger partial charge in [0.15, 0.2) is 5.84 Å². The van der Waals surface area contributed by atoms with E-state index in [-0.39, 0.29) is 11.7 Å². The van der Waals surface area contributed by atoms with Gasteiger partial charge in [-0.3, -0.25) is 9.48 Å². The largest absolute Gasteiger partial charge is 0.409 e. The molecule has 1 aliphatic carbocycles. The third-order valence-electron chi connectivity index (χ3n) is 3.68. The van der Waals surface area contributed by atoms with Gasteiger partial charge in [0, 0.05) is 26.2 Å². The third kappa shape index (κ3) is 2.54. The predicted molar refractivity (Wildman–Crippen MR) is 69.6 cm³/mol. The molecule has 0 spiro atoms. The van der Waals surface area contributed by atoms with E-state index in [1.807, 2.05) is 19.3 Å². The number of nitrogens with two attached hydrogens (primary N) is 1. The van der Waals surface area contributed by atoms with Crippen molar-refractivity contribution in [3.8, 4) is 0 Å². The van der Waals surface area contributed by atoms with E-state index in [0.717, 1.165) is 12.1 Å². The van der Waals surface area contributed by atoms with E-state index in [1.54, 1.807) is 4.68 Å². The average molecular weight is 265 g/mol. The Hall–Kier alpha value is -2.05. The Kier molecular flexibility index (Phi) is 3.73. The Labute approximate surface area is 111 Å². The summed E-state index contributed by atoms with van der Waals surface area (Å²) < 4.78 is 1.72. The van der Waals surface area contributed by atoms with Crippen LogP contribution in [-0.4, -0.2) is 33.3 Å². The van der Waals surface area contributed by atoms with Crippen LogP contribution in [0.5, 0.6) is 0 Å². The zero-order valence-corrected chi connectivity index (χ0v) is 11.0. The average Bonchev–Trinajstić information content (AvgIpc) is 2.73. The minimum Gasteiger partial charge on any atom is -0.409 e. The van der Waals surface area contributed by atoms with Crippen LogP contribution in [0.2, 0.25) is 0 Å². The molecule has 0 aliphatic heterocycles. The number of carbonyl (C=O) groups excluding carboxylic acids is 1. The summed E-state index contributed by atoms with van der Waals surface area (Å²) in [5.74, 6) is -0.154. The van der Waals surface area contributed by atoms with E-state index < -0.39 is 5.41 Å². The lowest BCUT2D eigenvalue weighted by Crippen LogP contribution is -2.54. The van der Waals surface area contributed by atoms with Gasteiger partial charge in [0.05, 0.1) is 5.69 Å². The van der Waals surface area contributed by atoms with Gasteiger partial charge in [0.25, 0.3) is 0 Å². The molecule has 1 amide bonds. The number of carbonyl (C=O) groups is 1. The maximum atomic E-state index is 12.1. The van der Waals surface area contributed by atoms with Crippen LogP contribution in [0.15, 0.2) is 17.4 Å². The molecule has 1 fully saturated rings. The lowest BCUT2D eigenvalue weighted by Gasteiger charge is -2.38. The molecule has 7 nitrogen and oxygen atoms in total. The van der Waals surface area contributed by atoms with Gasteiger partial charge in [0.1, 0.15) is 5.41 Å². The molecule has 1 heterocycles. The van der Waals surface area contributed by atoms with Crippen LogP contribution in [0.1, 0.15) is 25.0 Å².